The lowest BCUT2D eigenvalue weighted by atomic mass is 10.0. The van der Waals surface area contributed by atoms with Crippen molar-refractivity contribution in [3.63, 3.8) is 0 Å². The van der Waals surface area contributed by atoms with Crippen LogP contribution in [0.4, 0.5) is 9.39 Å². The number of thiophene rings is 1. The Balaban J connectivity index is 1.28. The molecule has 7 heteroatoms. The van der Waals surface area contributed by atoms with Crippen molar-refractivity contribution in [1.82, 2.24) is 10.2 Å². The van der Waals surface area contributed by atoms with E-state index in [1.165, 1.54) is 28.5 Å². The number of nitrogens with zero attached hydrogens (tertiary/aromatic N) is 2. The predicted molar refractivity (Wildman–Crippen MR) is 123 cm³/mol. The van der Waals surface area contributed by atoms with Gasteiger partial charge in [-0.1, -0.05) is 30.3 Å². The molecule has 2 aromatic carbocycles. The number of benzene rings is 2. The normalized spacial score (nSPS) is 15.1. The number of hydrogen-bond acceptors (Lipinski definition) is 5. The molecule has 1 aromatic heterocycles. The summed E-state index contributed by atoms with van der Waals surface area (Å²) in [6.45, 7) is 3.81. The minimum atomic E-state index is -0.238. The Morgan fingerprint density at radius 1 is 1.19 bits per heavy atom. The van der Waals surface area contributed by atoms with Gasteiger partial charge in [-0.05, 0) is 40.8 Å². The van der Waals surface area contributed by atoms with E-state index in [4.69, 9.17) is 0 Å². The highest BCUT2D eigenvalue weighted by molar-refractivity contribution is 7.16. The van der Waals surface area contributed by atoms with E-state index >= 15 is 0 Å². The number of nitrogens with one attached hydrogen (secondary N) is 2. The number of carbonyl (C=O) groups is 1. The van der Waals surface area contributed by atoms with Crippen LogP contribution in [0.3, 0.4) is 0 Å². The molecule has 2 N–H and O–H groups in total. The lowest BCUT2D eigenvalue weighted by molar-refractivity contribution is -0.115. The molecule has 0 bridgehead atoms. The first kappa shape index (κ1) is 20.8. The standard InChI is InChI=1S/C25H23FN4OS/c26-20-3-1-2-17(9-20)14-30-7-6-23-22(15-30)21(11-27)25(32-23)29-24(31)10-16-4-5-18-12-28-13-19(18)8-16/h1-5,8-9,28H,6-7,10,12-15H2,(H,29,31). The molecule has 3 aromatic rings. The third-order valence-corrected chi connectivity index (χ3v) is 7.26. The number of hydrogen-bond donors (Lipinski definition) is 2. The van der Waals surface area contributed by atoms with Crippen molar-refractivity contribution in [2.45, 2.75) is 39.0 Å². The third-order valence-electron chi connectivity index (χ3n) is 6.05. The Kier molecular flexibility index (Phi) is 5.75. The summed E-state index contributed by atoms with van der Waals surface area (Å²) >= 11 is 1.51. The second-order valence-corrected chi connectivity index (χ2v) is 9.45. The molecule has 162 valence electrons. The van der Waals surface area contributed by atoms with Gasteiger partial charge in [-0.15, -0.1) is 11.3 Å². The van der Waals surface area contributed by atoms with Crippen LogP contribution in [-0.4, -0.2) is 17.4 Å². The first-order valence-corrected chi connectivity index (χ1v) is 11.5. The van der Waals surface area contributed by atoms with Crippen LogP contribution >= 0.6 is 11.3 Å². The van der Waals surface area contributed by atoms with Gasteiger partial charge in [0.2, 0.25) is 5.91 Å². The second-order valence-electron chi connectivity index (χ2n) is 8.34. The van der Waals surface area contributed by atoms with Crippen LogP contribution in [0.25, 0.3) is 0 Å². The quantitative estimate of drug-likeness (QED) is 0.619. The highest BCUT2D eigenvalue weighted by atomic mass is 32.1. The average Bonchev–Trinajstić information content (AvgIpc) is 3.37. The van der Waals surface area contributed by atoms with Crippen molar-refractivity contribution < 1.29 is 9.18 Å². The van der Waals surface area contributed by atoms with Crippen molar-refractivity contribution >= 4 is 22.2 Å². The molecule has 32 heavy (non-hydrogen) atoms. The van der Waals surface area contributed by atoms with E-state index in [1.807, 2.05) is 12.1 Å². The molecule has 0 fully saturated rings. The minimum Gasteiger partial charge on any atom is -0.316 e. The van der Waals surface area contributed by atoms with E-state index in [9.17, 15) is 14.4 Å². The molecule has 1 amide bonds. The maximum atomic E-state index is 13.5. The molecule has 5 rings (SSSR count). The fourth-order valence-electron chi connectivity index (χ4n) is 4.49. The Morgan fingerprint density at radius 3 is 2.91 bits per heavy atom. The van der Waals surface area contributed by atoms with Crippen LogP contribution in [-0.2, 0) is 43.8 Å². The first-order chi connectivity index (χ1) is 15.6. The monoisotopic (exact) mass is 446 g/mol. The van der Waals surface area contributed by atoms with Gasteiger partial charge in [0, 0.05) is 43.2 Å². The molecule has 0 atom stereocenters. The maximum absolute atomic E-state index is 13.5. The summed E-state index contributed by atoms with van der Waals surface area (Å²) in [5, 5.41) is 16.7. The van der Waals surface area contributed by atoms with Gasteiger partial charge in [0.05, 0.1) is 12.0 Å². The summed E-state index contributed by atoms with van der Waals surface area (Å²) in [6, 6.07) is 15.1. The number of halogens is 1. The molecule has 2 aliphatic rings. The summed E-state index contributed by atoms with van der Waals surface area (Å²) in [7, 11) is 0. The highest BCUT2D eigenvalue weighted by Crippen LogP contribution is 2.37. The van der Waals surface area contributed by atoms with Crippen molar-refractivity contribution in [2.75, 3.05) is 11.9 Å². The summed E-state index contributed by atoms with van der Waals surface area (Å²) < 4.78 is 13.5. The lowest BCUT2D eigenvalue weighted by Gasteiger charge is -2.27. The van der Waals surface area contributed by atoms with E-state index in [0.717, 1.165) is 47.6 Å². The fraction of sp³-hybridized carbons (Fsp3) is 0.280. The number of anilines is 1. The lowest BCUT2D eigenvalue weighted by Crippen LogP contribution is -2.29. The number of nitriles is 1. The Bertz CT molecular complexity index is 1230. The number of fused-ring (bicyclic) bond motifs is 2. The Morgan fingerprint density at radius 2 is 2.06 bits per heavy atom. The van der Waals surface area contributed by atoms with E-state index < -0.39 is 0 Å². The Hall–Kier alpha value is -3.05. The van der Waals surface area contributed by atoms with E-state index in [2.05, 4.69) is 33.7 Å². The van der Waals surface area contributed by atoms with Crippen LogP contribution in [0, 0.1) is 17.1 Å². The molecule has 5 nitrogen and oxygen atoms in total. The van der Waals surface area contributed by atoms with E-state index in [0.29, 0.717) is 23.7 Å². The predicted octanol–water partition coefficient (Wildman–Crippen LogP) is 4.10. The van der Waals surface area contributed by atoms with Crippen LogP contribution < -0.4 is 10.6 Å². The van der Waals surface area contributed by atoms with Crippen molar-refractivity contribution in [3.05, 3.63) is 86.5 Å². The molecule has 0 unspecified atom stereocenters. The van der Waals surface area contributed by atoms with Gasteiger partial charge in [-0.3, -0.25) is 9.69 Å². The summed E-state index contributed by atoms with van der Waals surface area (Å²) in [5.74, 6) is -0.347. The fourth-order valence-corrected chi connectivity index (χ4v) is 5.66. The maximum Gasteiger partial charge on any atom is 0.229 e. The first-order valence-electron chi connectivity index (χ1n) is 10.7. The molecule has 0 radical (unpaired) electrons. The second kappa shape index (κ2) is 8.83. The van der Waals surface area contributed by atoms with Crippen LogP contribution in [0.1, 0.15) is 38.3 Å². The van der Waals surface area contributed by atoms with Gasteiger partial charge in [0.15, 0.2) is 0 Å². The summed E-state index contributed by atoms with van der Waals surface area (Å²) in [5.41, 5.74) is 5.97. The largest absolute Gasteiger partial charge is 0.316 e. The molecular formula is C25H23FN4OS. The molecule has 0 saturated heterocycles. The van der Waals surface area contributed by atoms with Gasteiger partial charge in [0.1, 0.15) is 16.9 Å². The highest BCUT2D eigenvalue weighted by Gasteiger charge is 2.25. The number of amides is 1. The smallest absolute Gasteiger partial charge is 0.229 e. The zero-order chi connectivity index (χ0) is 22.1. The molecule has 0 saturated carbocycles. The molecular weight excluding hydrogens is 423 g/mol. The zero-order valence-electron chi connectivity index (χ0n) is 17.6. The van der Waals surface area contributed by atoms with Gasteiger partial charge in [0.25, 0.3) is 0 Å². The zero-order valence-corrected chi connectivity index (χ0v) is 18.4. The van der Waals surface area contributed by atoms with Gasteiger partial charge >= 0.3 is 0 Å². The van der Waals surface area contributed by atoms with Crippen molar-refractivity contribution in [3.8, 4) is 6.07 Å². The summed E-state index contributed by atoms with van der Waals surface area (Å²) in [4.78, 5) is 16.1. The summed E-state index contributed by atoms with van der Waals surface area (Å²) in [6.07, 6.45) is 1.10. The third kappa shape index (κ3) is 4.30. The van der Waals surface area contributed by atoms with Gasteiger partial charge in [-0.25, -0.2) is 4.39 Å². The van der Waals surface area contributed by atoms with Crippen molar-refractivity contribution in [2.24, 2.45) is 0 Å². The van der Waals surface area contributed by atoms with Gasteiger partial charge < -0.3 is 10.6 Å². The van der Waals surface area contributed by atoms with Gasteiger partial charge in [-0.2, -0.15) is 5.26 Å². The van der Waals surface area contributed by atoms with Crippen LogP contribution in [0.15, 0.2) is 42.5 Å². The molecule has 0 aliphatic carbocycles. The van der Waals surface area contributed by atoms with Crippen LogP contribution in [0.5, 0.6) is 0 Å². The Labute approximate surface area is 190 Å². The van der Waals surface area contributed by atoms with E-state index in [-0.39, 0.29) is 18.1 Å². The van der Waals surface area contributed by atoms with Crippen molar-refractivity contribution in [1.29, 1.82) is 5.26 Å². The SMILES string of the molecule is N#Cc1c(NC(=O)Cc2ccc3c(c2)CNC3)sc2c1CN(Cc1cccc(F)c1)CC2. The topological polar surface area (TPSA) is 68.2 Å². The average molecular weight is 447 g/mol. The minimum absolute atomic E-state index is 0.109. The number of carbonyl (C=O) groups excluding carboxylic acids is 1. The number of rotatable bonds is 5. The van der Waals surface area contributed by atoms with Crippen LogP contribution in [0.2, 0.25) is 0 Å². The molecule has 3 heterocycles. The van der Waals surface area contributed by atoms with E-state index in [1.54, 1.807) is 12.1 Å². The molecule has 0 spiro atoms. The molecule has 2 aliphatic heterocycles.